The lowest BCUT2D eigenvalue weighted by molar-refractivity contribution is -0.131. The lowest BCUT2D eigenvalue weighted by Crippen LogP contribution is -2.48. The van der Waals surface area contributed by atoms with Gasteiger partial charge < -0.3 is 9.64 Å². The van der Waals surface area contributed by atoms with Crippen LogP contribution in [0.25, 0.3) is 6.08 Å². The third-order valence-corrected chi connectivity index (χ3v) is 8.86. The average molecular weight is 574 g/mol. The van der Waals surface area contributed by atoms with Gasteiger partial charge in [0.2, 0.25) is 0 Å². The molecular weight excluding hydrogens is 550 g/mol. The highest BCUT2D eigenvalue weighted by molar-refractivity contribution is 6.32. The van der Waals surface area contributed by atoms with E-state index < -0.39 is 29.4 Å². The second-order valence-electron chi connectivity index (χ2n) is 10.8. The van der Waals surface area contributed by atoms with Crippen LogP contribution in [0.5, 0.6) is 5.75 Å². The molecule has 206 valence electrons. The van der Waals surface area contributed by atoms with Gasteiger partial charge in [0.05, 0.1) is 6.04 Å². The second kappa shape index (κ2) is 9.64. The Morgan fingerprint density at radius 2 is 1.43 bits per heavy atom. The van der Waals surface area contributed by atoms with Crippen molar-refractivity contribution in [1.29, 1.82) is 0 Å². The predicted molar refractivity (Wildman–Crippen MR) is 159 cm³/mol. The van der Waals surface area contributed by atoms with Crippen molar-refractivity contribution in [3.63, 3.8) is 0 Å². The van der Waals surface area contributed by atoms with Gasteiger partial charge in [0.15, 0.2) is 17.3 Å². The zero-order valence-corrected chi connectivity index (χ0v) is 23.2. The maximum absolute atomic E-state index is 14.7. The number of hydrogen-bond donors (Lipinski definition) is 0. The van der Waals surface area contributed by atoms with Crippen LogP contribution in [0.4, 0.5) is 5.69 Å². The van der Waals surface area contributed by atoms with Crippen LogP contribution >= 0.6 is 11.6 Å². The first kappa shape index (κ1) is 26.1. The van der Waals surface area contributed by atoms with Crippen molar-refractivity contribution in [3.05, 3.63) is 136 Å². The molecule has 0 saturated carbocycles. The number of Topliss-reactive ketones (excluding diaryl/α,β-unsaturated/α-hetero) is 3. The number of halogens is 1. The summed E-state index contributed by atoms with van der Waals surface area (Å²) in [5, 5.41) is 0.505. The molecule has 0 bridgehead atoms. The monoisotopic (exact) mass is 573 g/mol. The number of nitrogens with zero attached hydrogens (tertiary/aromatic N) is 1. The summed E-state index contributed by atoms with van der Waals surface area (Å²) in [4.78, 5) is 57.4. The van der Waals surface area contributed by atoms with E-state index in [0.29, 0.717) is 33.0 Å². The minimum absolute atomic E-state index is 0.257. The molecular formula is C35H24ClNO5. The smallest absolute Gasteiger partial charge is 0.308 e. The fourth-order valence-electron chi connectivity index (χ4n) is 6.98. The topological polar surface area (TPSA) is 80.8 Å². The zero-order chi connectivity index (χ0) is 29.2. The molecule has 6 nitrogen and oxygen atoms in total. The van der Waals surface area contributed by atoms with E-state index >= 15 is 0 Å². The Labute approximate surface area is 247 Å². The van der Waals surface area contributed by atoms with Crippen molar-refractivity contribution < 1.29 is 23.9 Å². The van der Waals surface area contributed by atoms with Crippen molar-refractivity contribution >= 4 is 46.7 Å². The van der Waals surface area contributed by atoms with Crippen molar-refractivity contribution in [1.82, 2.24) is 0 Å². The van der Waals surface area contributed by atoms with E-state index in [4.69, 9.17) is 16.3 Å². The molecule has 1 fully saturated rings. The number of anilines is 1. The van der Waals surface area contributed by atoms with Gasteiger partial charge >= 0.3 is 5.97 Å². The van der Waals surface area contributed by atoms with E-state index in [-0.39, 0.29) is 17.3 Å². The summed E-state index contributed by atoms with van der Waals surface area (Å²) in [6.45, 7) is 1.31. The van der Waals surface area contributed by atoms with E-state index in [0.717, 1.165) is 11.3 Å². The largest absolute Gasteiger partial charge is 0.427 e. The molecule has 4 aromatic rings. The van der Waals surface area contributed by atoms with Crippen molar-refractivity contribution in [2.24, 2.45) is 5.41 Å². The van der Waals surface area contributed by atoms with Gasteiger partial charge in [-0.25, -0.2) is 0 Å². The molecule has 0 N–H and O–H groups in total. The van der Waals surface area contributed by atoms with E-state index in [9.17, 15) is 19.2 Å². The molecule has 7 heteroatoms. The van der Waals surface area contributed by atoms with Crippen molar-refractivity contribution in [2.45, 2.75) is 24.9 Å². The van der Waals surface area contributed by atoms with Crippen LogP contribution in [0.15, 0.2) is 103 Å². The highest BCUT2D eigenvalue weighted by Crippen LogP contribution is 2.61. The first-order valence-corrected chi connectivity index (χ1v) is 14.0. The molecule has 3 unspecified atom stereocenters. The maximum atomic E-state index is 14.7. The molecule has 0 radical (unpaired) electrons. The van der Waals surface area contributed by atoms with E-state index in [1.54, 1.807) is 72.8 Å². The Morgan fingerprint density at radius 3 is 2.07 bits per heavy atom. The van der Waals surface area contributed by atoms with Gasteiger partial charge in [-0.1, -0.05) is 78.4 Å². The highest BCUT2D eigenvalue weighted by Gasteiger charge is 2.71. The molecule has 42 heavy (non-hydrogen) atoms. The Bertz CT molecular complexity index is 1790. The van der Waals surface area contributed by atoms with Gasteiger partial charge in [0.25, 0.3) is 0 Å². The number of ether oxygens (including phenoxy) is 1. The lowest BCUT2D eigenvalue weighted by atomic mass is 9.64. The average Bonchev–Trinajstić information content (AvgIpc) is 3.43. The third-order valence-electron chi connectivity index (χ3n) is 8.61. The fraction of sp³-hybridized carbons (Fsp3) is 0.143. The summed E-state index contributed by atoms with van der Waals surface area (Å²) < 4.78 is 5.18. The minimum atomic E-state index is -1.58. The number of ketones is 3. The number of para-hydroxylation sites is 1. The van der Waals surface area contributed by atoms with Gasteiger partial charge in [-0.15, -0.1) is 0 Å². The zero-order valence-electron chi connectivity index (χ0n) is 22.5. The Balaban J connectivity index is 1.48. The molecule has 4 aromatic carbocycles. The van der Waals surface area contributed by atoms with Crippen molar-refractivity contribution in [2.75, 3.05) is 4.90 Å². The molecule has 1 saturated heterocycles. The number of carbonyl (C=O) groups is 4. The van der Waals surface area contributed by atoms with Crippen LogP contribution in [0.1, 0.15) is 55.0 Å². The van der Waals surface area contributed by atoms with Gasteiger partial charge in [0.1, 0.15) is 17.2 Å². The lowest BCUT2D eigenvalue weighted by Gasteiger charge is -2.37. The molecule has 2 aliphatic heterocycles. The molecule has 1 aliphatic carbocycles. The van der Waals surface area contributed by atoms with Gasteiger partial charge in [0, 0.05) is 40.2 Å². The van der Waals surface area contributed by atoms with Crippen LogP contribution in [0.3, 0.4) is 0 Å². The Morgan fingerprint density at radius 1 is 0.810 bits per heavy atom. The molecule has 3 aliphatic rings. The number of esters is 1. The molecule has 1 spiro atoms. The molecule has 0 aromatic heterocycles. The quantitative estimate of drug-likeness (QED) is 0.119. The summed E-state index contributed by atoms with van der Waals surface area (Å²) in [6.07, 6.45) is 3.82. The van der Waals surface area contributed by atoms with E-state index in [2.05, 4.69) is 0 Å². The summed E-state index contributed by atoms with van der Waals surface area (Å²) in [5.74, 6) is -1.81. The molecule has 3 atom stereocenters. The highest BCUT2D eigenvalue weighted by atomic mass is 35.5. The number of carbonyl (C=O) groups excluding carboxylic acids is 4. The summed E-state index contributed by atoms with van der Waals surface area (Å²) >= 11 is 6.28. The molecule has 7 rings (SSSR count). The van der Waals surface area contributed by atoms with E-state index in [1.165, 1.54) is 6.92 Å². The van der Waals surface area contributed by atoms with Crippen LogP contribution < -0.4 is 9.64 Å². The van der Waals surface area contributed by atoms with Crippen molar-refractivity contribution in [3.8, 4) is 5.75 Å². The standard InChI is InChI=1S/C35H24ClNO5/c1-20(38)42-25-17-12-23(13-18-25)32(39)31-30(22-10-15-24(36)16-11-22)35(33(40)26-7-3-4-8-27(26)34(35)41)29-19-14-21-6-2-5-9-28(21)37(29)31/h2-19,29-31H,1H3. The van der Waals surface area contributed by atoms with Crippen LogP contribution in [0, 0.1) is 5.41 Å². The number of benzene rings is 4. The Kier molecular flexibility index (Phi) is 5.99. The minimum Gasteiger partial charge on any atom is -0.427 e. The fourth-order valence-corrected chi connectivity index (χ4v) is 7.11. The SMILES string of the molecule is CC(=O)Oc1ccc(C(=O)C2C(c3ccc(Cl)cc3)C3(C(=O)c4ccccc4C3=O)C3C=Cc4ccccc4N23)cc1. The molecule has 0 amide bonds. The van der Waals surface area contributed by atoms with Gasteiger partial charge in [-0.2, -0.15) is 0 Å². The number of rotatable bonds is 4. The van der Waals surface area contributed by atoms with Crippen LogP contribution in [0.2, 0.25) is 5.02 Å². The maximum Gasteiger partial charge on any atom is 0.308 e. The predicted octanol–water partition coefficient (Wildman–Crippen LogP) is 6.58. The van der Waals surface area contributed by atoms with Gasteiger partial charge in [-0.3, -0.25) is 19.2 Å². The van der Waals surface area contributed by atoms with Crippen LogP contribution in [-0.2, 0) is 4.79 Å². The van der Waals surface area contributed by atoms with E-state index in [1.807, 2.05) is 41.3 Å². The summed E-state index contributed by atoms with van der Waals surface area (Å²) in [5.41, 5.74) is 1.85. The Hall–Kier alpha value is -4.81. The van der Waals surface area contributed by atoms with Crippen LogP contribution in [-0.4, -0.2) is 35.4 Å². The second-order valence-corrected chi connectivity index (χ2v) is 11.2. The number of fused-ring (bicyclic) bond motifs is 5. The summed E-state index contributed by atoms with van der Waals surface area (Å²) in [7, 11) is 0. The molecule has 2 heterocycles. The first-order valence-electron chi connectivity index (χ1n) is 13.6. The number of hydrogen-bond acceptors (Lipinski definition) is 6. The normalized spacial score (nSPS) is 21.2. The first-order chi connectivity index (χ1) is 20.3. The summed E-state index contributed by atoms with van der Waals surface area (Å²) in [6, 6.07) is 26.3. The third kappa shape index (κ3) is 3.65. The van der Waals surface area contributed by atoms with Gasteiger partial charge in [-0.05, 0) is 53.6 Å².